The maximum absolute atomic E-state index is 2.60. The van der Waals surface area contributed by atoms with Gasteiger partial charge in [0.25, 0.3) is 0 Å². The number of nitrogens with zero attached hydrogens (tertiary/aromatic N) is 1. The van der Waals surface area contributed by atoms with Crippen LogP contribution < -0.4 is 4.90 Å². The van der Waals surface area contributed by atoms with E-state index < -0.39 is 0 Å². The summed E-state index contributed by atoms with van der Waals surface area (Å²) in [6.45, 7) is 9.78. The molecule has 49 heavy (non-hydrogen) atoms. The van der Waals surface area contributed by atoms with Crippen LogP contribution in [0.25, 0.3) is 22.3 Å². The molecule has 5 aromatic carbocycles. The van der Waals surface area contributed by atoms with Crippen LogP contribution in [-0.2, 0) is 16.2 Å². The number of hydrogen-bond acceptors (Lipinski definition) is 1. The minimum Gasteiger partial charge on any atom is -0.310 e. The zero-order chi connectivity index (χ0) is 32.9. The first kappa shape index (κ1) is 28.7. The molecule has 0 amide bonds. The van der Waals surface area contributed by atoms with Crippen molar-refractivity contribution in [2.45, 2.75) is 82.5 Å². The van der Waals surface area contributed by atoms with Crippen molar-refractivity contribution in [3.8, 4) is 22.3 Å². The summed E-state index contributed by atoms with van der Waals surface area (Å²) in [5.74, 6) is 3.51. The maximum Gasteiger partial charge on any atom is 0.0543 e. The van der Waals surface area contributed by atoms with Crippen LogP contribution in [0, 0.1) is 29.1 Å². The van der Waals surface area contributed by atoms with Crippen molar-refractivity contribution in [1.29, 1.82) is 0 Å². The first-order valence-corrected chi connectivity index (χ1v) is 19.1. The summed E-state index contributed by atoms with van der Waals surface area (Å²) in [6, 6.07) is 44.6. The van der Waals surface area contributed by atoms with Gasteiger partial charge >= 0.3 is 0 Å². The highest BCUT2D eigenvalue weighted by molar-refractivity contribution is 5.97. The lowest BCUT2D eigenvalue weighted by Gasteiger charge is -2.76. The van der Waals surface area contributed by atoms with Crippen molar-refractivity contribution >= 4 is 17.1 Å². The van der Waals surface area contributed by atoms with Gasteiger partial charge in [-0.15, -0.1) is 0 Å². The van der Waals surface area contributed by atoms with Crippen LogP contribution >= 0.6 is 0 Å². The Labute approximate surface area is 292 Å². The number of anilines is 3. The Morgan fingerprint density at radius 1 is 0.551 bits per heavy atom. The van der Waals surface area contributed by atoms with Crippen molar-refractivity contribution < 1.29 is 0 Å². The van der Waals surface area contributed by atoms with Crippen LogP contribution in [0.1, 0.15) is 88.5 Å². The Kier molecular flexibility index (Phi) is 5.49. The van der Waals surface area contributed by atoms with E-state index in [9.17, 15) is 0 Å². The zero-order valence-electron chi connectivity index (χ0n) is 29.5. The van der Waals surface area contributed by atoms with Crippen LogP contribution in [0.4, 0.5) is 17.1 Å². The summed E-state index contributed by atoms with van der Waals surface area (Å²) in [7, 11) is 0. The third kappa shape index (κ3) is 3.43. The molecular formula is C48H47N. The molecule has 4 fully saturated rings. The second-order valence-corrected chi connectivity index (χ2v) is 18.1. The predicted octanol–water partition coefficient (Wildman–Crippen LogP) is 12.5. The number of fused-ring (bicyclic) bond motifs is 9. The Morgan fingerprint density at radius 3 is 2.04 bits per heavy atom. The van der Waals surface area contributed by atoms with Crippen molar-refractivity contribution in [2.24, 2.45) is 29.1 Å². The van der Waals surface area contributed by atoms with Gasteiger partial charge in [0, 0.05) is 22.4 Å². The second kappa shape index (κ2) is 9.36. The fraction of sp³-hybridized carbons (Fsp3) is 0.375. The van der Waals surface area contributed by atoms with Gasteiger partial charge in [0.2, 0.25) is 0 Å². The minimum atomic E-state index is 0.145. The molecule has 6 atom stereocenters. The monoisotopic (exact) mass is 637 g/mol. The van der Waals surface area contributed by atoms with E-state index in [4.69, 9.17) is 0 Å². The lowest BCUT2D eigenvalue weighted by Crippen LogP contribution is -2.73. The van der Waals surface area contributed by atoms with Crippen LogP contribution in [0.3, 0.4) is 0 Å². The van der Waals surface area contributed by atoms with Gasteiger partial charge in [-0.2, -0.15) is 0 Å². The fourth-order valence-electron chi connectivity index (χ4n) is 13.1. The molecule has 2 bridgehead atoms. The third-order valence-corrected chi connectivity index (χ3v) is 15.2. The van der Waals surface area contributed by atoms with E-state index in [1.165, 1.54) is 89.0 Å². The van der Waals surface area contributed by atoms with Gasteiger partial charge in [-0.05, 0) is 154 Å². The fourth-order valence-corrected chi connectivity index (χ4v) is 13.1. The Bertz CT molecular complexity index is 2170. The zero-order valence-corrected chi connectivity index (χ0v) is 29.5. The molecule has 6 aliphatic rings. The first-order chi connectivity index (χ1) is 23.7. The molecule has 1 heteroatoms. The number of para-hydroxylation sites is 1. The maximum atomic E-state index is 2.60. The SMILES string of the molecule is CC1(C)CCC(C)(C)c2cc(N(c3ccccc3)c3cccc4c3-c3cc(-c5ccccc5)ccc3C43C4CC5CC6CC3C64C5)ccc21. The Balaban J connectivity index is 1.17. The van der Waals surface area contributed by atoms with Crippen LogP contribution in [0.5, 0.6) is 0 Å². The topological polar surface area (TPSA) is 3.24 Å². The quantitative estimate of drug-likeness (QED) is 0.189. The van der Waals surface area contributed by atoms with Gasteiger partial charge in [0.1, 0.15) is 0 Å². The highest BCUT2D eigenvalue weighted by Gasteiger charge is 2.84. The molecule has 0 radical (unpaired) electrons. The van der Waals surface area contributed by atoms with Gasteiger partial charge in [0.05, 0.1) is 5.69 Å². The van der Waals surface area contributed by atoms with E-state index >= 15 is 0 Å². The van der Waals surface area contributed by atoms with Gasteiger partial charge in [-0.25, -0.2) is 0 Å². The predicted molar refractivity (Wildman–Crippen MR) is 203 cm³/mol. The average molecular weight is 638 g/mol. The van der Waals surface area contributed by atoms with E-state index in [1.54, 1.807) is 11.1 Å². The highest BCUT2D eigenvalue weighted by Crippen LogP contribution is 2.90. The van der Waals surface area contributed by atoms with Gasteiger partial charge in [-0.1, -0.05) is 107 Å². The van der Waals surface area contributed by atoms with E-state index in [0.29, 0.717) is 5.41 Å². The Morgan fingerprint density at radius 2 is 1.27 bits per heavy atom. The van der Waals surface area contributed by atoms with E-state index in [1.807, 2.05) is 0 Å². The molecule has 6 unspecified atom stereocenters. The lowest BCUT2D eigenvalue weighted by molar-refractivity contribution is -0.231. The average Bonchev–Trinajstić information content (AvgIpc) is 3.75. The van der Waals surface area contributed by atoms with Gasteiger partial charge in [0.15, 0.2) is 0 Å². The summed E-state index contributed by atoms with van der Waals surface area (Å²) < 4.78 is 0. The summed E-state index contributed by atoms with van der Waals surface area (Å²) in [5.41, 5.74) is 16.8. The van der Waals surface area contributed by atoms with Crippen LogP contribution in [0.15, 0.2) is 115 Å². The van der Waals surface area contributed by atoms with Crippen molar-refractivity contribution in [3.05, 3.63) is 138 Å². The third-order valence-electron chi connectivity index (χ3n) is 15.2. The highest BCUT2D eigenvalue weighted by atomic mass is 15.1. The van der Waals surface area contributed by atoms with Crippen molar-refractivity contribution in [2.75, 3.05) is 4.90 Å². The normalized spacial score (nSPS) is 31.3. The smallest absolute Gasteiger partial charge is 0.0543 e. The molecule has 6 aliphatic carbocycles. The molecule has 5 aromatic rings. The summed E-state index contributed by atoms with van der Waals surface area (Å²) in [4.78, 5) is 2.60. The van der Waals surface area contributed by atoms with E-state index in [-0.39, 0.29) is 16.2 Å². The number of benzene rings is 5. The number of hydrogen-bond donors (Lipinski definition) is 0. The van der Waals surface area contributed by atoms with Crippen molar-refractivity contribution in [1.82, 2.24) is 0 Å². The second-order valence-electron chi connectivity index (χ2n) is 18.1. The molecule has 1 nitrogen and oxygen atoms in total. The molecule has 0 heterocycles. The summed E-state index contributed by atoms with van der Waals surface area (Å²) in [5, 5.41) is 0. The minimum absolute atomic E-state index is 0.145. The molecule has 0 saturated heterocycles. The van der Waals surface area contributed by atoms with E-state index in [0.717, 1.165) is 23.7 Å². The molecule has 0 aromatic heterocycles. The Hall–Kier alpha value is -4.10. The molecular weight excluding hydrogens is 591 g/mol. The first-order valence-electron chi connectivity index (χ1n) is 19.1. The van der Waals surface area contributed by atoms with Gasteiger partial charge < -0.3 is 4.90 Å². The molecule has 11 rings (SSSR count). The summed E-state index contributed by atoms with van der Waals surface area (Å²) >= 11 is 0. The molecule has 0 aliphatic heterocycles. The summed E-state index contributed by atoms with van der Waals surface area (Å²) in [6.07, 6.45) is 8.30. The van der Waals surface area contributed by atoms with Crippen molar-refractivity contribution in [3.63, 3.8) is 0 Å². The standard InChI is InChI=1S/C48H47N/c1-45(2)22-23-46(3,4)40-28-35(19-21-38(40)45)49(34-14-9-6-10-15-34)41-17-11-16-39-44(41)36-26-32(31-12-7-5-8-13-31)18-20-37(36)48(39)42-25-30-24-33-27-43(48)47(33,42)29-30/h5-21,26,28,30,33,42-43H,22-25,27,29H2,1-4H3. The molecule has 2 spiro atoms. The molecule has 244 valence electrons. The lowest BCUT2D eigenvalue weighted by atomic mass is 9.27. The van der Waals surface area contributed by atoms with Crippen LogP contribution in [0.2, 0.25) is 0 Å². The molecule has 0 N–H and O–H groups in total. The van der Waals surface area contributed by atoms with E-state index in [2.05, 4.69) is 148 Å². The largest absolute Gasteiger partial charge is 0.310 e. The van der Waals surface area contributed by atoms with Crippen LogP contribution in [-0.4, -0.2) is 0 Å². The molecule has 4 saturated carbocycles. The number of rotatable bonds is 4. The van der Waals surface area contributed by atoms with Gasteiger partial charge in [-0.3, -0.25) is 0 Å².